The van der Waals surface area contributed by atoms with E-state index in [9.17, 15) is 0 Å². The molecule has 31 heavy (non-hydrogen) atoms. The number of para-hydroxylation sites is 2. The maximum absolute atomic E-state index is 2.54. The van der Waals surface area contributed by atoms with Gasteiger partial charge in [-0.2, -0.15) is 0 Å². The summed E-state index contributed by atoms with van der Waals surface area (Å²) in [5, 5.41) is 2.77. The summed E-state index contributed by atoms with van der Waals surface area (Å²) in [6, 6.07) is 22.5. The molecular formula is C30H37N. The minimum Gasteiger partial charge on any atom is -0.309 e. The second-order valence-electron chi connectivity index (χ2n) is 12.0. The first kappa shape index (κ1) is 21.7. The van der Waals surface area contributed by atoms with Crippen molar-refractivity contribution >= 4 is 21.8 Å². The highest BCUT2D eigenvalue weighted by Gasteiger charge is 2.30. The molecule has 1 heteroatoms. The van der Waals surface area contributed by atoms with E-state index in [0.29, 0.717) is 0 Å². The Morgan fingerprint density at radius 2 is 1.00 bits per heavy atom. The molecule has 162 valence electrons. The molecule has 0 aliphatic heterocycles. The van der Waals surface area contributed by atoms with Gasteiger partial charge < -0.3 is 4.57 Å². The lowest BCUT2D eigenvalue weighted by atomic mass is 9.79. The number of hydrogen-bond acceptors (Lipinski definition) is 0. The van der Waals surface area contributed by atoms with Crippen molar-refractivity contribution < 1.29 is 0 Å². The van der Waals surface area contributed by atoms with Gasteiger partial charge in [-0.1, -0.05) is 111 Å². The van der Waals surface area contributed by atoms with Crippen LogP contribution in [0.5, 0.6) is 0 Å². The minimum absolute atomic E-state index is 0.0392. The van der Waals surface area contributed by atoms with Crippen LogP contribution in [0.2, 0.25) is 0 Å². The quantitative estimate of drug-likeness (QED) is 0.295. The summed E-state index contributed by atoms with van der Waals surface area (Å²) < 4.78 is 2.54. The third-order valence-corrected chi connectivity index (χ3v) is 6.37. The Labute approximate surface area is 188 Å². The van der Waals surface area contributed by atoms with Crippen molar-refractivity contribution in [3.8, 4) is 5.69 Å². The molecule has 0 spiro atoms. The van der Waals surface area contributed by atoms with Crippen molar-refractivity contribution in [1.82, 2.24) is 4.57 Å². The molecule has 4 aromatic rings. The largest absolute Gasteiger partial charge is 0.309 e. The van der Waals surface area contributed by atoms with Crippen LogP contribution in [0.15, 0.2) is 60.7 Å². The SMILES string of the molecule is CC(C)(C)c1ccc(C(C)(C)C)c2c1c1cccc(C(C)(C)C)c1n2-c1ccccc1. The van der Waals surface area contributed by atoms with Crippen LogP contribution in [0.1, 0.15) is 79.0 Å². The Bertz CT molecular complexity index is 1250. The Morgan fingerprint density at radius 3 is 1.55 bits per heavy atom. The fraction of sp³-hybridized carbons (Fsp3) is 0.400. The topological polar surface area (TPSA) is 4.93 Å². The van der Waals surface area contributed by atoms with Crippen LogP contribution >= 0.6 is 0 Å². The average molecular weight is 412 g/mol. The standard InChI is InChI=1S/C30H37N/c1-28(2,3)22-18-19-24(30(7,8)9)27-25(22)21-16-13-17-23(29(4,5)6)26(21)31(27)20-14-11-10-12-15-20/h10-19H,1-9H3. The zero-order chi connectivity index (χ0) is 22.8. The number of aromatic nitrogens is 1. The predicted molar refractivity (Wildman–Crippen MR) is 137 cm³/mol. The fourth-order valence-corrected chi connectivity index (χ4v) is 4.86. The molecule has 0 atom stereocenters. The monoisotopic (exact) mass is 411 g/mol. The van der Waals surface area contributed by atoms with Crippen LogP contribution in [0.25, 0.3) is 27.5 Å². The van der Waals surface area contributed by atoms with Gasteiger partial charge >= 0.3 is 0 Å². The molecule has 0 radical (unpaired) electrons. The molecule has 1 aromatic heterocycles. The van der Waals surface area contributed by atoms with Crippen LogP contribution in [0.3, 0.4) is 0 Å². The van der Waals surface area contributed by atoms with Crippen LogP contribution < -0.4 is 0 Å². The van der Waals surface area contributed by atoms with Gasteiger partial charge in [-0.3, -0.25) is 0 Å². The van der Waals surface area contributed by atoms with Gasteiger partial charge in [0.2, 0.25) is 0 Å². The molecule has 0 bridgehead atoms. The molecule has 0 fully saturated rings. The second-order valence-corrected chi connectivity index (χ2v) is 12.0. The highest BCUT2D eigenvalue weighted by atomic mass is 15.0. The van der Waals surface area contributed by atoms with Crippen LogP contribution in [0.4, 0.5) is 0 Å². The summed E-state index contributed by atoms with van der Waals surface area (Å²) in [5.74, 6) is 0. The maximum atomic E-state index is 2.54. The first-order valence-corrected chi connectivity index (χ1v) is 11.5. The van der Waals surface area contributed by atoms with E-state index >= 15 is 0 Å². The van der Waals surface area contributed by atoms with Gasteiger partial charge in [-0.25, -0.2) is 0 Å². The van der Waals surface area contributed by atoms with E-state index in [1.807, 2.05) is 0 Å². The first-order valence-electron chi connectivity index (χ1n) is 11.5. The number of benzene rings is 3. The predicted octanol–water partition coefficient (Wildman–Crippen LogP) is 8.68. The Kier molecular flexibility index (Phi) is 4.89. The Hall–Kier alpha value is -2.54. The lowest BCUT2D eigenvalue weighted by Crippen LogP contribution is -2.17. The summed E-state index contributed by atoms with van der Waals surface area (Å²) >= 11 is 0. The average Bonchev–Trinajstić information content (AvgIpc) is 3.00. The zero-order valence-corrected chi connectivity index (χ0v) is 20.7. The van der Waals surface area contributed by atoms with Crippen LogP contribution in [-0.2, 0) is 16.2 Å². The van der Waals surface area contributed by atoms with Gasteiger partial charge in [-0.05, 0) is 45.1 Å². The number of nitrogens with zero attached hydrogens (tertiary/aromatic N) is 1. The van der Waals surface area contributed by atoms with Gasteiger partial charge in [0.1, 0.15) is 0 Å². The smallest absolute Gasteiger partial charge is 0.0581 e. The van der Waals surface area contributed by atoms with Crippen molar-refractivity contribution in [2.45, 2.75) is 78.6 Å². The summed E-state index contributed by atoms with van der Waals surface area (Å²) in [4.78, 5) is 0. The molecule has 1 nitrogen and oxygen atoms in total. The van der Waals surface area contributed by atoms with E-state index in [1.165, 1.54) is 44.2 Å². The second kappa shape index (κ2) is 6.99. The summed E-state index contributed by atoms with van der Waals surface area (Å²) in [6.45, 7) is 21.0. The van der Waals surface area contributed by atoms with Gasteiger partial charge in [0.15, 0.2) is 0 Å². The highest BCUT2D eigenvalue weighted by Crippen LogP contribution is 2.45. The molecule has 0 unspecified atom stereocenters. The van der Waals surface area contributed by atoms with Gasteiger partial charge in [0.25, 0.3) is 0 Å². The van der Waals surface area contributed by atoms with Crippen molar-refractivity contribution in [3.63, 3.8) is 0 Å². The molecule has 3 aromatic carbocycles. The van der Waals surface area contributed by atoms with Gasteiger partial charge in [0, 0.05) is 16.5 Å². The van der Waals surface area contributed by atoms with Gasteiger partial charge in [-0.15, -0.1) is 0 Å². The van der Waals surface area contributed by atoms with E-state index in [0.717, 1.165) is 0 Å². The fourth-order valence-electron chi connectivity index (χ4n) is 4.86. The lowest BCUT2D eigenvalue weighted by Gasteiger charge is -2.27. The normalized spacial score (nSPS) is 13.3. The van der Waals surface area contributed by atoms with Crippen LogP contribution in [0, 0.1) is 0 Å². The highest BCUT2D eigenvalue weighted by molar-refractivity contribution is 6.13. The third-order valence-electron chi connectivity index (χ3n) is 6.37. The minimum atomic E-state index is 0.0392. The molecule has 4 rings (SSSR count). The summed E-state index contributed by atoms with van der Waals surface area (Å²) in [6.07, 6.45) is 0. The maximum Gasteiger partial charge on any atom is 0.0581 e. The zero-order valence-electron chi connectivity index (χ0n) is 20.7. The number of hydrogen-bond donors (Lipinski definition) is 0. The molecule has 1 heterocycles. The van der Waals surface area contributed by atoms with E-state index in [2.05, 4.69) is 128 Å². The van der Waals surface area contributed by atoms with Gasteiger partial charge in [0.05, 0.1) is 11.0 Å². The van der Waals surface area contributed by atoms with Crippen molar-refractivity contribution in [2.75, 3.05) is 0 Å². The molecule has 0 aliphatic carbocycles. The van der Waals surface area contributed by atoms with E-state index in [-0.39, 0.29) is 16.2 Å². The Morgan fingerprint density at radius 1 is 0.484 bits per heavy atom. The summed E-state index contributed by atoms with van der Waals surface area (Å²) in [7, 11) is 0. The van der Waals surface area contributed by atoms with Crippen molar-refractivity contribution in [3.05, 3.63) is 77.4 Å². The molecule has 0 N–H and O–H groups in total. The molecule has 0 saturated carbocycles. The molecule has 0 amide bonds. The van der Waals surface area contributed by atoms with Crippen molar-refractivity contribution in [2.24, 2.45) is 0 Å². The molecular weight excluding hydrogens is 374 g/mol. The third kappa shape index (κ3) is 3.59. The first-order chi connectivity index (χ1) is 14.3. The van der Waals surface area contributed by atoms with Crippen molar-refractivity contribution in [1.29, 1.82) is 0 Å². The van der Waals surface area contributed by atoms with E-state index < -0.39 is 0 Å². The number of rotatable bonds is 1. The lowest BCUT2D eigenvalue weighted by molar-refractivity contribution is 0.584. The number of fused-ring (bicyclic) bond motifs is 3. The molecule has 0 saturated heterocycles. The summed E-state index contributed by atoms with van der Waals surface area (Å²) in [5.41, 5.74) is 8.29. The molecule has 0 aliphatic rings. The van der Waals surface area contributed by atoms with E-state index in [1.54, 1.807) is 0 Å². The van der Waals surface area contributed by atoms with E-state index in [4.69, 9.17) is 0 Å². The van der Waals surface area contributed by atoms with Crippen LogP contribution in [-0.4, -0.2) is 4.57 Å². The Balaban J connectivity index is 2.39.